The summed E-state index contributed by atoms with van der Waals surface area (Å²) >= 11 is 0. The van der Waals surface area contributed by atoms with Crippen molar-refractivity contribution < 1.29 is 14.3 Å². The number of nitrogens with zero attached hydrogens (tertiary/aromatic N) is 2. The Morgan fingerprint density at radius 3 is 2.84 bits per heavy atom. The van der Waals surface area contributed by atoms with E-state index in [-0.39, 0.29) is 11.1 Å². The van der Waals surface area contributed by atoms with Gasteiger partial charge in [0.1, 0.15) is 5.56 Å². The van der Waals surface area contributed by atoms with E-state index in [1.165, 1.54) is 16.8 Å². The molecule has 1 amide bonds. The fraction of sp³-hybridized carbons (Fsp3) is 0.278. The molecule has 0 bridgehead atoms. The second-order valence-electron chi connectivity index (χ2n) is 5.30. The summed E-state index contributed by atoms with van der Waals surface area (Å²) in [5.74, 6) is 0.674. The summed E-state index contributed by atoms with van der Waals surface area (Å²) in [4.78, 5) is 23.9. The standard InChI is InChI=1S/C18H21N3O4/c1-4-10-25-16-11-13(7-8-15(16)24-3)12-19-20-17(22)14-6-5-9-21(2)18(14)23/h5-9,11-12H,4,10H2,1-3H3,(H,20,22)/b19-12-. The van der Waals surface area contributed by atoms with Crippen molar-refractivity contribution in [3.05, 3.63) is 58.0 Å². The SMILES string of the molecule is CCCOc1cc(/C=N\NC(=O)c2cccn(C)c2=O)ccc1OC. The molecule has 1 heterocycles. The Morgan fingerprint density at radius 1 is 1.32 bits per heavy atom. The molecule has 1 aromatic heterocycles. The predicted octanol–water partition coefficient (Wildman–Crippen LogP) is 1.95. The van der Waals surface area contributed by atoms with Gasteiger partial charge in [-0.05, 0) is 42.3 Å². The first-order chi connectivity index (χ1) is 12.1. The van der Waals surface area contributed by atoms with Crippen LogP contribution in [0.4, 0.5) is 0 Å². The van der Waals surface area contributed by atoms with Crippen LogP contribution in [0.15, 0.2) is 46.4 Å². The minimum atomic E-state index is -0.562. The largest absolute Gasteiger partial charge is 0.493 e. The summed E-state index contributed by atoms with van der Waals surface area (Å²) in [5.41, 5.74) is 2.73. The Bertz CT molecular complexity index is 827. The quantitative estimate of drug-likeness (QED) is 0.615. The van der Waals surface area contributed by atoms with Gasteiger partial charge in [0, 0.05) is 13.2 Å². The van der Waals surface area contributed by atoms with Crippen LogP contribution in [0.1, 0.15) is 29.3 Å². The smallest absolute Gasteiger partial charge is 0.276 e. The van der Waals surface area contributed by atoms with Crippen LogP contribution in [0.2, 0.25) is 0 Å². The minimum absolute atomic E-state index is 0.0313. The summed E-state index contributed by atoms with van der Waals surface area (Å²) in [7, 11) is 3.15. The van der Waals surface area contributed by atoms with Crippen LogP contribution in [0.25, 0.3) is 0 Å². The number of rotatable bonds is 7. The van der Waals surface area contributed by atoms with Gasteiger partial charge in [-0.25, -0.2) is 5.43 Å². The first-order valence-electron chi connectivity index (χ1n) is 7.86. The lowest BCUT2D eigenvalue weighted by molar-refractivity contribution is 0.0953. The molecule has 1 aromatic carbocycles. The molecule has 7 heteroatoms. The molecule has 0 saturated carbocycles. The maximum atomic E-state index is 12.0. The molecule has 0 saturated heterocycles. The third-order valence-corrected chi connectivity index (χ3v) is 3.40. The molecule has 0 unspecified atom stereocenters. The summed E-state index contributed by atoms with van der Waals surface area (Å²) < 4.78 is 12.2. The van der Waals surface area contributed by atoms with Gasteiger partial charge in [-0.3, -0.25) is 9.59 Å². The first kappa shape index (κ1) is 18.3. The lowest BCUT2D eigenvalue weighted by Crippen LogP contribution is -2.29. The number of benzene rings is 1. The van der Waals surface area contributed by atoms with Crippen molar-refractivity contribution in [1.29, 1.82) is 0 Å². The van der Waals surface area contributed by atoms with Crippen LogP contribution in [0.3, 0.4) is 0 Å². The Balaban J connectivity index is 2.10. The number of aryl methyl sites for hydroxylation is 1. The van der Waals surface area contributed by atoms with E-state index < -0.39 is 5.91 Å². The van der Waals surface area contributed by atoms with Crippen LogP contribution < -0.4 is 20.5 Å². The number of nitrogens with one attached hydrogen (secondary N) is 1. The fourth-order valence-corrected chi connectivity index (χ4v) is 2.09. The van der Waals surface area contributed by atoms with Gasteiger partial charge in [-0.15, -0.1) is 0 Å². The van der Waals surface area contributed by atoms with Gasteiger partial charge in [0.2, 0.25) is 0 Å². The first-order valence-corrected chi connectivity index (χ1v) is 7.86. The van der Waals surface area contributed by atoms with E-state index in [1.54, 1.807) is 44.6 Å². The maximum Gasteiger partial charge on any atom is 0.276 e. The van der Waals surface area contributed by atoms with Gasteiger partial charge in [-0.1, -0.05) is 6.92 Å². The molecule has 0 atom stereocenters. The molecule has 0 radical (unpaired) electrons. The molecular formula is C18H21N3O4. The molecule has 0 aliphatic heterocycles. The molecule has 132 valence electrons. The minimum Gasteiger partial charge on any atom is -0.493 e. The Labute approximate surface area is 145 Å². The van der Waals surface area contributed by atoms with E-state index in [9.17, 15) is 9.59 Å². The molecule has 0 fully saturated rings. The van der Waals surface area contributed by atoms with Crippen LogP contribution in [0.5, 0.6) is 11.5 Å². The van der Waals surface area contributed by atoms with Crippen LogP contribution >= 0.6 is 0 Å². The van der Waals surface area contributed by atoms with E-state index in [1.807, 2.05) is 6.92 Å². The van der Waals surface area contributed by atoms with Gasteiger partial charge < -0.3 is 14.0 Å². The van der Waals surface area contributed by atoms with Gasteiger partial charge >= 0.3 is 0 Å². The summed E-state index contributed by atoms with van der Waals surface area (Å²) in [6, 6.07) is 8.40. The highest BCUT2D eigenvalue weighted by Gasteiger charge is 2.10. The van der Waals surface area contributed by atoms with Crippen molar-refractivity contribution in [2.45, 2.75) is 13.3 Å². The zero-order valence-electron chi connectivity index (χ0n) is 14.5. The molecule has 0 spiro atoms. The Hall–Kier alpha value is -3.09. The Morgan fingerprint density at radius 2 is 2.12 bits per heavy atom. The lowest BCUT2D eigenvalue weighted by atomic mass is 10.2. The number of amides is 1. The van der Waals surface area contributed by atoms with Gasteiger partial charge in [0.25, 0.3) is 11.5 Å². The van der Waals surface area contributed by atoms with E-state index in [0.29, 0.717) is 18.1 Å². The molecule has 25 heavy (non-hydrogen) atoms. The van der Waals surface area contributed by atoms with Crippen molar-refractivity contribution in [1.82, 2.24) is 9.99 Å². The number of methoxy groups -OCH3 is 1. The lowest BCUT2D eigenvalue weighted by Gasteiger charge is -2.10. The second kappa shape index (κ2) is 8.68. The van der Waals surface area contributed by atoms with Crippen molar-refractivity contribution in [2.24, 2.45) is 12.1 Å². The third-order valence-electron chi connectivity index (χ3n) is 3.40. The second-order valence-corrected chi connectivity index (χ2v) is 5.30. The molecule has 2 aromatic rings. The molecule has 2 rings (SSSR count). The number of carbonyl (C=O) groups excluding carboxylic acids is 1. The Kier molecular flexibility index (Phi) is 6.33. The van der Waals surface area contributed by atoms with E-state index in [2.05, 4.69) is 10.5 Å². The topological polar surface area (TPSA) is 81.9 Å². The third kappa shape index (κ3) is 4.69. The molecular weight excluding hydrogens is 322 g/mol. The summed E-state index contributed by atoms with van der Waals surface area (Å²) in [5, 5.41) is 3.90. The van der Waals surface area contributed by atoms with Crippen LogP contribution in [-0.2, 0) is 7.05 Å². The highest BCUT2D eigenvalue weighted by molar-refractivity contribution is 5.94. The number of hydrogen-bond donors (Lipinski definition) is 1. The highest BCUT2D eigenvalue weighted by Crippen LogP contribution is 2.27. The van der Waals surface area contributed by atoms with Crippen molar-refractivity contribution in [3.8, 4) is 11.5 Å². The zero-order valence-corrected chi connectivity index (χ0v) is 14.5. The summed E-state index contributed by atoms with van der Waals surface area (Å²) in [6.45, 7) is 2.59. The number of carbonyl (C=O) groups is 1. The number of pyridine rings is 1. The fourth-order valence-electron chi connectivity index (χ4n) is 2.09. The normalized spacial score (nSPS) is 10.7. The maximum absolute atomic E-state index is 12.0. The van der Waals surface area contributed by atoms with Crippen molar-refractivity contribution in [2.75, 3.05) is 13.7 Å². The zero-order chi connectivity index (χ0) is 18.2. The van der Waals surface area contributed by atoms with Crippen LogP contribution in [-0.4, -0.2) is 30.4 Å². The van der Waals surface area contributed by atoms with Crippen LogP contribution in [0, 0.1) is 0 Å². The average Bonchev–Trinajstić information content (AvgIpc) is 2.62. The monoisotopic (exact) mass is 343 g/mol. The van der Waals surface area contributed by atoms with E-state index in [0.717, 1.165) is 12.0 Å². The average molecular weight is 343 g/mol. The highest BCUT2D eigenvalue weighted by atomic mass is 16.5. The van der Waals surface area contributed by atoms with Crippen molar-refractivity contribution in [3.63, 3.8) is 0 Å². The number of hydrazone groups is 1. The molecule has 0 aliphatic carbocycles. The number of ether oxygens (including phenoxy) is 2. The van der Waals surface area contributed by atoms with Crippen molar-refractivity contribution >= 4 is 12.1 Å². The molecule has 1 N–H and O–H groups in total. The van der Waals surface area contributed by atoms with Gasteiger partial charge in [-0.2, -0.15) is 5.10 Å². The molecule has 0 aliphatic rings. The van der Waals surface area contributed by atoms with Gasteiger partial charge in [0.05, 0.1) is 19.9 Å². The van der Waals surface area contributed by atoms with Gasteiger partial charge in [0.15, 0.2) is 11.5 Å². The van der Waals surface area contributed by atoms with E-state index in [4.69, 9.17) is 9.47 Å². The predicted molar refractivity (Wildman–Crippen MR) is 95.5 cm³/mol. The van der Waals surface area contributed by atoms with E-state index >= 15 is 0 Å². The molecule has 7 nitrogen and oxygen atoms in total. The number of hydrogen-bond acceptors (Lipinski definition) is 5. The summed E-state index contributed by atoms with van der Waals surface area (Å²) in [6.07, 6.45) is 3.94. The number of aromatic nitrogens is 1.